The minimum Gasteiger partial charge on any atom is -0.497 e. The van der Waals surface area contributed by atoms with Gasteiger partial charge in [-0.2, -0.15) is 0 Å². The van der Waals surface area contributed by atoms with Crippen LogP contribution in [0.1, 0.15) is 38.3 Å². The van der Waals surface area contributed by atoms with Gasteiger partial charge in [0.05, 0.1) is 7.11 Å². The van der Waals surface area contributed by atoms with Crippen molar-refractivity contribution < 1.29 is 14.6 Å². The predicted molar refractivity (Wildman–Crippen MR) is 75.0 cm³/mol. The molecule has 0 aliphatic heterocycles. The molecular weight excluding hydrogens is 240 g/mol. The molecule has 0 bridgehead atoms. The summed E-state index contributed by atoms with van der Waals surface area (Å²) >= 11 is 0. The predicted octanol–water partition coefficient (Wildman–Crippen LogP) is 2.91. The zero-order chi connectivity index (χ0) is 14.2. The van der Waals surface area contributed by atoms with Crippen LogP contribution in [0, 0.1) is 5.92 Å². The Morgan fingerprint density at radius 1 is 1.42 bits per heavy atom. The highest BCUT2D eigenvalue weighted by molar-refractivity contribution is 6.06. The second-order valence-corrected chi connectivity index (χ2v) is 5.26. The molecule has 19 heavy (non-hydrogen) atoms. The topological polar surface area (TPSA) is 46.5 Å². The molecule has 2 atom stereocenters. The molecule has 1 aliphatic rings. The molecule has 2 unspecified atom stereocenters. The van der Waals surface area contributed by atoms with E-state index >= 15 is 0 Å². The number of ketones is 1. The Morgan fingerprint density at radius 2 is 2.11 bits per heavy atom. The number of aliphatic hydroxyl groups is 1. The van der Waals surface area contributed by atoms with Gasteiger partial charge in [-0.15, -0.1) is 0 Å². The number of ether oxygens (including phenoxy) is 1. The Balaban J connectivity index is 2.66. The van der Waals surface area contributed by atoms with E-state index in [-0.39, 0.29) is 11.7 Å². The number of methoxy groups -OCH3 is 1. The average molecular weight is 260 g/mol. The molecule has 0 heterocycles. The van der Waals surface area contributed by atoms with Crippen molar-refractivity contribution in [3.8, 4) is 5.75 Å². The van der Waals surface area contributed by atoms with Crippen LogP contribution in [0.25, 0.3) is 5.57 Å². The fourth-order valence-electron chi connectivity index (χ4n) is 2.43. The number of rotatable bonds is 3. The monoisotopic (exact) mass is 260 g/mol. The number of hydrogen-bond donors (Lipinski definition) is 1. The molecule has 3 heteroatoms. The Bertz CT molecular complexity index is 541. The summed E-state index contributed by atoms with van der Waals surface area (Å²) < 4.78 is 5.24. The van der Waals surface area contributed by atoms with Crippen molar-refractivity contribution in [3.63, 3.8) is 0 Å². The lowest BCUT2D eigenvalue weighted by Crippen LogP contribution is -2.35. The van der Waals surface area contributed by atoms with Gasteiger partial charge in [0.15, 0.2) is 5.78 Å². The molecule has 0 amide bonds. The fraction of sp³-hybridized carbons (Fsp3) is 0.438. The van der Waals surface area contributed by atoms with Gasteiger partial charge in [0.2, 0.25) is 0 Å². The van der Waals surface area contributed by atoms with Crippen molar-refractivity contribution >= 4 is 11.4 Å². The summed E-state index contributed by atoms with van der Waals surface area (Å²) in [6.45, 7) is 5.72. The number of fused-ring (bicyclic) bond motifs is 1. The van der Waals surface area contributed by atoms with Crippen molar-refractivity contribution in [2.24, 2.45) is 5.92 Å². The first-order valence-corrected chi connectivity index (χ1v) is 6.59. The largest absolute Gasteiger partial charge is 0.497 e. The Kier molecular flexibility index (Phi) is 3.50. The lowest BCUT2D eigenvalue weighted by molar-refractivity contribution is -0.131. The van der Waals surface area contributed by atoms with Crippen LogP contribution in [-0.4, -0.2) is 18.0 Å². The van der Waals surface area contributed by atoms with E-state index in [0.29, 0.717) is 5.56 Å². The van der Waals surface area contributed by atoms with Crippen molar-refractivity contribution in [2.45, 2.75) is 32.8 Å². The number of allylic oxidation sites excluding steroid dienone is 1. The van der Waals surface area contributed by atoms with Crippen LogP contribution < -0.4 is 4.74 Å². The Labute approximate surface area is 113 Å². The minimum atomic E-state index is -1.45. The maximum atomic E-state index is 12.1. The summed E-state index contributed by atoms with van der Waals surface area (Å²) in [5.74, 6) is 0.754. The minimum absolute atomic E-state index is 0.250. The van der Waals surface area contributed by atoms with Crippen LogP contribution in [0.15, 0.2) is 24.3 Å². The third-order valence-electron chi connectivity index (χ3n) is 3.97. The number of hydrogen-bond acceptors (Lipinski definition) is 3. The van der Waals surface area contributed by atoms with E-state index in [4.69, 9.17) is 4.74 Å². The molecule has 0 saturated carbocycles. The second kappa shape index (κ2) is 4.82. The standard InChI is InChI=1S/C16H20O3/c1-5-10(2)12-9-15(17)16(3,18)14-7-6-11(19-4)8-13(12)14/h6-10,18H,5H2,1-4H3. The SMILES string of the molecule is CCC(C)C1=CC(=O)C(C)(O)c2ccc(OC)cc21. The number of carbonyl (C=O) groups is 1. The third kappa shape index (κ3) is 2.19. The van der Waals surface area contributed by atoms with Gasteiger partial charge in [0.1, 0.15) is 11.4 Å². The van der Waals surface area contributed by atoms with E-state index in [9.17, 15) is 9.90 Å². The van der Waals surface area contributed by atoms with Crippen molar-refractivity contribution in [1.82, 2.24) is 0 Å². The van der Waals surface area contributed by atoms with Crippen LogP contribution in [-0.2, 0) is 10.4 Å². The van der Waals surface area contributed by atoms with E-state index in [1.807, 2.05) is 6.07 Å². The van der Waals surface area contributed by atoms with Gasteiger partial charge in [-0.05, 0) is 54.2 Å². The van der Waals surface area contributed by atoms with Gasteiger partial charge in [0, 0.05) is 0 Å². The molecule has 3 nitrogen and oxygen atoms in total. The number of benzene rings is 1. The van der Waals surface area contributed by atoms with E-state index in [2.05, 4.69) is 13.8 Å². The van der Waals surface area contributed by atoms with Crippen LogP contribution in [0.5, 0.6) is 5.75 Å². The van der Waals surface area contributed by atoms with Gasteiger partial charge in [-0.3, -0.25) is 4.79 Å². The highest BCUT2D eigenvalue weighted by Gasteiger charge is 2.38. The second-order valence-electron chi connectivity index (χ2n) is 5.26. The molecule has 0 fully saturated rings. The quantitative estimate of drug-likeness (QED) is 0.909. The van der Waals surface area contributed by atoms with Crippen molar-refractivity contribution in [2.75, 3.05) is 7.11 Å². The molecule has 1 N–H and O–H groups in total. The van der Waals surface area contributed by atoms with Crippen molar-refractivity contribution in [3.05, 3.63) is 35.4 Å². The summed E-state index contributed by atoms with van der Waals surface area (Å²) in [7, 11) is 1.61. The highest BCUT2D eigenvalue weighted by atomic mass is 16.5. The first kappa shape index (κ1) is 13.8. The van der Waals surface area contributed by atoms with Gasteiger partial charge >= 0.3 is 0 Å². The smallest absolute Gasteiger partial charge is 0.191 e. The number of carbonyl (C=O) groups excluding carboxylic acids is 1. The van der Waals surface area contributed by atoms with Crippen LogP contribution in [0.3, 0.4) is 0 Å². The lowest BCUT2D eigenvalue weighted by atomic mass is 9.76. The molecule has 1 aromatic carbocycles. The first-order valence-electron chi connectivity index (χ1n) is 6.59. The molecule has 102 valence electrons. The van der Waals surface area contributed by atoms with Crippen molar-refractivity contribution in [1.29, 1.82) is 0 Å². The van der Waals surface area contributed by atoms with Gasteiger partial charge in [-0.25, -0.2) is 0 Å². The fourth-order valence-corrected chi connectivity index (χ4v) is 2.43. The molecule has 0 spiro atoms. The van der Waals surface area contributed by atoms with E-state index < -0.39 is 5.60 Å². The molecule has 0 saturated heterocycles. The van der Waals surface area contributed by atoms with Crippen LogP contribution in [0.2, 0.25) is 0 Å². The Hall–Kier alpha value is -1.61. The molecule has 0 radical (unpaired) electrons. The summed E-state index contributed by atoms with van der Waals surface area (Å²) in [5.41, 5.74) is 1.11. The van der Waals surface area contributed by atoms with E-state index in [1.54, 1.807) is 32.2 Å². The highest BCUT2D eigenvalue weighted by Crippen LogP contribution is 2.40. The third-order valence-corrected chi connectivity index (χ3v) is 3.97. The molecule has 0 aromatic heterocycles. The Morgan fingerprint density at radius 3 is 2.68 bits per heavy atom. The normalized spacial score (nSPS) is 23.6. The zero-order valence-electron chi connectivity index (χ0n) is 11.9. The summed E-state index contributed by atoms with van der Waals surface area (Å²) in [5, 5.41) is 10.4. The van der Waals surface area contributed by atoms with Gasteiger partial charge < -0.3 is 9.84 Å². The van der Waals surface area contributed by atoms with E-state index in [1.165, 1.54) is 0 Å². The average Bonchev–Trinajstić information content (AvgIpc) is 2.41. The van der Waals surface area contributed by atoms with E-state index in [0.717, 1.165) is 23.3 Å². The molecule has 1 aliphatic carbocycles. The van der Waals surface area contributed by atoms with Crippen LogP contribution >= 0.6 is 0 Å². The summed E-state index contributed by atoms with van der Waals surface area (Å²) in [6.07, 6.45) is 2.52. The summed E-state index contributed by atoms with van der Waals surface area (Å²) in [6, 6.07) is 5.45. The molecular formula is C16H20O3. The van der Waals surface area contributed by atoms with Crippen LogP contribution in [0.4, 0.5) is 0 Å². The zero-order valence-corrected chi connectivity index (χ0v) is 11.9. The van der Waals surface area contributed by atoms with Gasteiger partial charge in [0.25, 0.3) is 0 Å². The van der Waals surface area contributed by atoms with Gasteiger partial charge in [-0.1, -0.05) is 19.9 Å². The lowest BCUT2D eigenvalue weighted by Gasteiger charge is -2.31. The first-order chi connectivity index (χ1) is 8.91. The molecule has 2 rings (SSSR count). The molecule has 1 aromatic rings. The maximum Gasteiger partial charge on any atom is 0.191 e. The summed E-state index contributed by atoms with van der Waals surface area (Å²) in [4.78, 5) is 12.1. The maximum absolute atomic E-state index is 12.1.